The molecule has 1 aromatic heterocycles. The number of nitrogens with zero attached hydrogens (tertiary/aromatic N) is 5. The fourth-order valence-electron chi connectivity index (χ4n) is 2.02. The highest BCUT2D eigenvalue weighted by molar-refractivity contribution is 7.91. The van der Waals surface area contributed by atoms with Crippen LogP contribution in [0.3, 0.4) is 0 Å². The summed E-state index contributed by atoms with van der Waals surface area (Å²) in [6.07, 6.45) is 2.43. The molecule has 0 bridgehead atoms. The smallest absolute Gasteiger partial charge is 0.165 e. The lowest BCUT2D eigenvalue weighted by atomic mass is 10.4. The Balaban J connectivity index is 1.94. The average molecular weight is 273 g/mol. The highest BCUT2D eigenvalue weighted by Gasteiger charge is 2.17. The van der Waals surface area contributed by atoms with Gasteiger partial charge in [-0.25, -0.2) is 13.1 Å². The van der Waals surface area contributed by atoms with E-state index in [0.29, 0.717) is 13.1 Å². The molecule has 0 saturated carbocycles. The van der Waals surface area contributed by atoms with Gasteiger partial charge in [-0.05, 0) is 36.4 Å². The Morgan fingerprint density at radius 3 is 2.67 bits per heavy atom. The van der Waals surface area contributed by atoms with Gasteiger partial charge in [-0.1, -0.05) is 6.92 Å². The van der Waals surface area contributed by atoms with Crippen molar-refractivity contribution in [3.8, 4) is 0 Å². The van der Waals surface area contributed by atoms with E-state index in [9.17, 15) is 8.42 Å². The van der Waals surface area contributed by atoms with E-state index >= 15 is 0 Å². The van der Waals surface area contributed by atoms with Gasteiger partial charge in [0.2, 0.25) is 0 Å². The van der Waals surface area contributed by atoms with Crippen LogP contribution in [0.1, 0.15) is 25.6 Å². The Morgan fingerprint density at radius 2 is 2.00 bits per heavy atom. The Bertz CT molecular complexity index is 478. The van der Waals surface area contributed by atoms with Crippen molar-refractivity contribution in [1.29, 1.82) is 0 Å². The minimum Gasteiger partial charge on any atom is -0.296 e. The summed E-state index contributed by atoms with van der Waals surface area (Å²) < 4.78 is 24.5. The molecular formula is C10H19N5O2S. The Morgan fingerprint density at radius 1 is 1.28 bits per heavy atom. The molecular weight excluding hydrogens is 254 g/mol. The van der Waals surface area contributed by atoms with E-state index in [-0.39, 0.29) is 11.5 Å². The van der Waals surface area contributed by atoms with E-state index in [1.807, 2.05) is 0 Å². The fraction of sp³-hybridized carbons (Fsp3) is 0.900. The molecule has 0 unspecified atom stereocenters. The monoisotopic (exact) mass is 273 g/mol. The summed E-state index contributed by atoms with van der Waals surface area (Å²) in [5.41, 5.74) is 0. The molecule has 7 nitrogen and oxygen atoms in total. The molecule has 0 radical (unpaired) electrons. The van der Waals surface area contributed by atoms with Crippen molar-refractivity contribution < 1.29 is 8.42 Å². The van der Waals surface area contributed by atoms with E-state index in [1.165, 1.54) is 12.8 Å². The SMILES string of the molecule is CCS(=O)(=O)CCn1nnnc1CN1CCCC1. The van der Waals surface area contributed by atoms with E-state index in [4.69, 9.17) is 0 Å². The normalized spacial score (nSPS) is 17.4. The van der Waals surface area contributed by atoms with Crippen molar-refractivity contribution in [3.05, 3.63) is 5.82 Å². The van der Waals surface area contributed by atoms with Crippen molar-refractivity contribution in [1.82, 2.24) is 25.1 Å². The number of hydrogen-bond donors (Lipinski definition) is 0. The number of aryl methyl sites for hydroxylation is 1. The summed E-state index contributed by atoms with van der Waals surface area (Å²) in [7, 11) is -2.97. The largest absolute Gasteiger partial charge is 0.296 e. The van der Waals surface area contributed by atoms with Gasteiger partial charge in [-0.15, -0.1) is 5.10 Å². The standard InChI is InChI=1S/C10H19N5O2S/c1-2-18(16,17)8-7-15-10(11-12-13-15)9-14-5-3-4-6-14/h2-9H2,1H3. The molecule has 18 heavy (non-hydrogen) atoms. The van der Waals surface area contributed by atoms with Crippen LogP contribution >= 0.6 is 0 Å². The van der Waals surface area contributed by atoms with Gasteiger partial charge in [0.1, 0.15) is 0 Å². The Hall–Kier alpha value is -1.02. The van der Waals surface area contributed by atoms with Crippen LogP contribution in [0.2, 0.25) is 0 Å². The summed E-state index contributed by atoms with van der Waals surface area (Å²) in [4.78, 5) is 2.29. The zero-order valence-electron chi connectivity index (χ0n) is 10.6. The van der Waals surface area contributed by atoms with Crippen LogP contribution in [0.15, 0.2) is 0 Å². The summed E-state index contributed by atoms with van der Waals surface area (Å²) in [5.74, 6) is 1.01. The highest BCUT2D eigenvalue weighted by atomic mass is 32.2. The van der Waals surface area contributed by atoms with Gasteiger partial charge in [-0.3, -0.25) is 4.90 Å². The number of hydrogen-bond acceptors (Lipinski definition) is 6. The zero-order valence-corrected chi connectivity index (χ0v) is 11.4. The van der Waals surface area contributed by atoms with Gasteiger partial charge in [0.05, 0.1) is 18.8 Å². The number of aromatic nitrogens is 4. The van der Waals surface area contributed by atoms with Crippen LogP contribution in [0.4, 0.5) is 0 Å². The summed E-state index contributed by atoms with van der Waals surface area (Å²) >= 11 is 0. The molecule has 1 aliphatic heterocycles. The maximum atomic E-state index is 11.5. The van der Waals surface area contributed by atoms with Crippen LogP contribution in [0, 0.1) is 0 Å². The third-order valence-electron chi connectivity index (χ3n) is 3.22. The summed E-state index contributed by atoms with van der Waals surface area (Å²) in [5, 5.41) is 11.5. The molecule has 0 aliphatic carbocycles. The molecule has 1 aromatic rings. The number of likely N-dealkylation sites (tertiary alicyclic amines) is 1. The molecule has 1 fully saturated rings. The Kier molecular flexibility index (Phi) is 4.28. The maximum absolute atomic E-state index is 11.5. The van der Waals surface area contributed by atoms with Gasteiger partial charge >= 0.3 is 0 Å². The van der Waals surface area contributed by atoms with Crippen LogP contribution in [0.25, 0.3) is 0 Å². The third kappa shape index (κ3) is 3.49. The maximum Gasteiger partial charge on any atom is 0.165 e. The first kappa shape index (κ1) is 13.4. The van der Waals surface area contributed by atoms with E-state index in [0.717, 1.165) is 18.9 Å². The van der Waals surface area contributed by atoms with Crippen molar-refractivity contribution >= 4 is 9.84 Å². The quantitative estimate of drug-likeness (QED) is 0.708. The summed E-state index contributed by atoms with van der Waals surface area (Å²) in [6.45, 7) is 4.84. The van der Waals surface area contributed by atoms with Crippen LogP contribution in [-0.2, 0) is 22.9 Å². The second-order valence-corrected chi connectivity index (χ2v) is 7.01. The lowest BCUT2D eigenvalue weighted by molar-refractivity contribution is 0.314. The second-order valence-electron chi connectivity index (χ2n) is 4.54. The first-order valence-electron chi connectivity index (χ1n) is 6.28. The van der Waals surface area contributed by atoms with Crippen molar-refractivity contribution in [2.24, 2.45) is 0 Å². The molecule has 0 aromatic carbocycles. The molecule has 2 heterocycles. The first-order valence-corrected chi connectivity index (χ1v) is 8.10. The van der Waals surface area contributed by atoms with Gasteiger partial charge in [0.15, 0.2) is 15.7 Å². The summed E-state index contributed by atoms with van der Waals surface area (Å²) in [6, 6.07) is 0. The second kappa shape index (κ2) is 5.75. The van der Waals surface area contributed by atoms with Gasteiger partial charge in [0.25, 0.3) is 0 Å². The number of sulfone groups is 1. The fourth-order valence-corrected chi connectivity index (χ4v) is 2.76. The molecule has 2 rings (SSSR count). The van der Waals surface area contributed by atoms with Gasteiger partial charge in [0, 0.05) is 5.75 Å². The lowest BCUT2D eigenvalue weighted by Crippen LogP contribution is -2.23. The number of rotatable bonds is 6. The molecule has 0 spiro atoms. The van der Waals surface area contributed by atoms with Crippen LogP contribution in [0.5, 0.6) is 0 Å². The topological polar surface area (TPSA) is 81.0 Å². The van der Waals surface area contributed by atoms with E-state index in [2.05, 4.69) is 20.4 Å². The molecule has 0 atom stereocenters. The lowest BCUT2D eigenvalue weighted by Gasteiger charge is -2.13. The van der Waals surface area contributed by atoms with Crippen LogP contribution in [-0.4, -0.2) is 58.1 Å². The molecule has 102 valence electrons. The van der Waals surface area contributed by atoms with Gasteiger partial charge in [-0.2, -0.15) is 0 Å². The molecule has 1 saturated heterocycles. The predicted molar refractivity (Wildman–Crippen MR) is 66.7 cm³/mol. The average Bonchev–Trinajstić information content (AvgIpc) is 2.99. The van der Waals surface area contributed by atoms with Crippen LogP contribution < -0.4 is 0 Å². The predicted octanol–water partition coefficient (Wildman–Crippen LogP) is -0.296. The first-order chi connectivity index (χ1) is 8.61. The molecule has 0 N–H and O–H groups in total. The number of tetrazole rings is 1. The van der Waals surface area contributed by atoms with Gasteiger partial charge < -0.3 is 0 Å². The molecule has 1 aliphatic rings. The van der Waals surface area contributed by atoms with E-state index < -0.39 is 9.84 Å². The minimum atomic E-state index is -2.97. The van der Waals surface area contributed by atoms with Crippen molar-refractivity contribution in [2.75, 3.05) is 24.6 Å². The highest BCUT2D eigenvalue weighted by Crippen LogP contribution is 2.10. The third-order valence-corrected chi connectivity index (χ3v) is 4.91. The van der Waals surface area contributed by atoms with Crippen molar-refractivity contribution in [3.63, 3.8) is 0 Å². The Labute approximate surface area is 107 Å². The minimum absolute atomic E-state index is 0.0987. The van der Waals surface area contributed by atoms with E-state index in [1.54, 1.807) is 11.6 Å². The molecule has 8 heteroatoms. The molecule has 0 amide bonds. The van der Waals surface area contributed by atoms with Crippen molar-refractivity contribution in [2.45, 2.75) is 32.9 Å². The zero-order chi connectivity index (χ0) is 13.0.